The zero-order valence-electron chi connectivity index (χ0n) is 12.5. The molecule has 1 amide bonds. The van der Waals surface area contributed by atoms with Crippen molar-refractivity contribution in [3.8, 4) is 5.75 Å². The fourth-order valence-electron chi connectivity index (χ4n) is 1.75. The van der Waals surface area contributed by atoms with Crippen molar-refractivity contribution in [1.29, 1.82) is 0 Å². The number of halogens is 3. The van der Waals surface area contributed by atoms with Crippen LogP contribution in [0, 0.1) is 0 Å². The predicted octanol–water partition coefficient (Wildman–Crippen LogP) is 3.53. The van der Waals surface area contributed by atoms with Gasteiger partial charge in [-0.2, -0.15) is 13.2 Å². The average Bonchev–Trinajstić information content (AvgIpc) is 2.57. The highest BCUT2D eigenvalue weighted by Crippen LogP contribution is 2.29. The third-order valence-electron chi connectivity index (χ3n) is 2.91. The van der Waals surface area contributed by atoms with Crippen LogP contribution < -0.4 is 10.1 Å². The predicted molar refractivity (Wildman–Crippen MR) is 85.4 cm³/mol. The van der Waals surface area contributed by atoms with Crippen LogP contribution in [0.2, 0.25) is 0 Å². The summed E-state index contributed by atoms with van der Waals surface area (Å²) in [4.78, 5) is 15.3. The molecule has 0 radical (unpaired) electrons. The van der Waals surface area contributed by atoms with Gasteiger partial charge < -0.3 is 10.1 Å². The van der Waals surface area contributed by atoms with E-state index < -0.39 is 17.2 Å². The van der Waals surface area contributed by atoms with Gasteiger partial charge in [0.1, 0.15) is 12.4 Å². The quantitative estimate of drug-likeness (QED) is 0.825. The summed E-state index contributed by atoms with van der Waals surface area (Å²) in [5.41, 5.74) is -2.69. The van der Waals surface area contributed by atoms with Crippen molar-refractivity contribution in [2.75, 3.05) is 5.75 Å². The Morgan fingerprint density at radius 2 is 1.92 bits per heavy atom. The molecule has 0 aliphatic heterocycles. The van der Waals surface area contributed by atoms with E-state index in [1.54, 1.807) is 36.7 Å². The molecule has 2 aromatic rings. The van der Waals surface area contributed by atoms with E-state index in [0.29, 0.717) is 12.4 Å². The van der Waals surface area contributed by atoms with Gasteiger partial charge >= 0.3 is 5.51 Å². The van der Waals surface area contributed by atoms with Crippen LogP contribution in [0.25, 0.3) is 0 Å². The lowest BCUT2D eigenvalue weighted by atomic mass is 10.2. The number of nitrogens with one attached hydrogen (secondary N) is 1. The second kappa shape index (κ2) is 8.58. The summed E-state index contributed by atoms with van der Waals surface area (Å²) in [5.74, 6) is -0.647. The Morgan fingerprint density at radius 1 is 1.17 bits per heavy atom. The number of hydrogen-bond acceptors (Lipinski definition) is 4. The Labute approximate surface area is 141 Å². The van der Waals surface area contributed by atoms with Crippen molar-refractivity contribution in [2.45, 2.75) is 18.7 Å². The summed E-state index contributed by atoms with van der Waals surface area (Å²) in [6.45, 7) is 0.554. The molecular weight excluding hydrogens is 341 g/mol. The minimum Gasteiger partial charge on any atom is -0.489 e. The number of aromatic nitrogens is 1. The molecule has 0 saturated heterocycles. The average molecular weight is 356 g/mol. The van der Waals surface area contributed by atoms with Gasteiger partial charge in [-0.1, -0.05) is 18.2 Å². The van der Waals surface area contributed by atoms with Gasteiger partial charge in [0.05, 0.1) is 5.75 Å². The van der Waals surface area contributed by atoms with Crippen LogP contribution in [0.4, 0.5) is 13.2 Å². The molecule has 0 atom stereocenters. The van der Waals surface area contributed by atoms with E-state index in [1.807, 2.05) is 12.1 Å². The van der Waals surface area contributed by atoms with Crippen molar-refractivity contribution < 1.29 is 22.7 Å². The van der Waals surface area contributed by atoms with E-state index in [0.717, 1.165) is 11.1 Å². The maximum atomic E-state index is 12.0. The molecule has 0 unspecified atom stereocenters. The fraction of sp³-hybridized carbons (Fsp3) is 0.250. The van der Waals surface area contributed by atoms with Crippen molar-refractivity contribution in [3.05, 3.63) is 59.9 Å². The van der Waals surface area contributed by atoms with Gasteiger partial charge in [-0.3, -0.25) is 9.78 Å². The van der Waals surface area contributed by atoms with Crippen molar-refractivity contribution >= 4 is 17.7 Å². The number of rotatable bonds is 7. The first-order valence-corrected chi connectivity index (χ1v) is 7.99. The summed E-state index contributed by atoms with van der Waals surface area (Å²) in [6, 6.07) is 10.7. The van der Waals surface area contributed by atoms with Crippen LogP contribution in [0.1, 0.15) is 11.1 Å². The molecule has 24 heavy (non-hydrogen) atoms. The topological polar surface area (TPSA) is 51.2 Å². The minimum absolute atomic E-state index is 0.167. The number of nitrogens with zero attached hydrogens (tertiary/aromatic N) is 1. The molecule has 8 heteroatoms. The van der Waals surface area contributed by atoms with Crippen molar-refractivity contribution in [2.24, 2.45) is 0 Å². The van der Waals surface area contributed by atoms with Crippen LogP contribution in [-0.4, -0.2) is 22.2 Å². The summed E-state index contributed by atoms with van der Waals surface area (Å²) < 4.78 is 41.5. The maximum Gasteiger partial charge on any atom is 0.442 e. The number of benzene rings is 1. The van der Waals surface area contributed by atoms with Gasteiger partial charge in [0.15, 0.2) is 0 Å². The normalized spacial score (nSPS) is 11.1. The van der Waals surface area contributed by atoms with Gasteiger partial charge in [0, 0.05) is 24.5 Å². The molecule has 128 valence electrons. The first kappa shape index (κ1) is 18.1. The maximum absolute atomic E-state index is 12.0. The molecule has 0 spiro atoms. The molecule has 0 saturated carbocycles. The molecule has 2 rings (SSSR count). The monoisotopic (exact) mass is 356 g/mol. The second-order valence-electron chi connectivity index (χ2n) is 4.81. The Hall–Kier alpha value is -2.22. The number of carbonyl (C=O) groups excluding carboxylic acids is 1. The van der Waals surface area contributed by atoms with Crippen molar-refractivity contribution in [1.82, 2.24) is 10.3 Å². The number of alkyl halides is 3. The molecule has 4 nitrogen and oxygen atoms in total. The van der Waals surface area contributed by atoms with Gasteiger partial charge in [-0.05, 0) is 35.5 Å². The molecule has 0 bridgehead atoms. The lowest BCUT2D eigenvalue weighted by Crippen LogP contribution is -2.25. The molecule has 0 aliphatic carbocycles. The summed E-state index contributed by atoms with van der Waals surface area (Å²) >= 11 is -0.353. The van der Waals surface area contributed by atoms with E-state index >= 15 is 0 Å². The number of ether oxygens (including phenoxy) is 1. The van der Waals surface area contributed by atoms with Gasteiger partial charge in [-0.25, -0.2) is 0 Å². The van der Waals surface area contributed by atoms with E-state index in [1.165, 1.54) is 0 Å². The lowest BCUT2D eigenvalue weighted by Gasteiger charge is -2.09. The van der Waals surface area contributed by atoms with Crippen LogP contribution in [0.15, 0.2) is 48.8 Å². The molecule has 1 aromatic heterocycles. The van der Waals surface area contributed by atoms with Crippen LogP contribution in [0.3, 0.4) is 0 Å². The Kier molecular flexibility index (Phi) is 6.48. The third kappa shape index (κ3) is 6.91. The van der Waals surface area contributed by atoms with Crippen LogP contribution >= 0.6 is 11.8 Å². The van der Waals surface area contributed by atoms with Crippen LogP contribution in [-0.2, 0) is 17.9 Å². The SMILES string of the molecule is O=C(CSC(F)(F)F)NCc1ccc(OCc2cccnc2)cc1. The number of thioether (sulfide) groups is 1. The standard InChI is InChI=1S/C16H15F3N2O2S/c17-16(18,19)24-11-15(22)21-9-12-3-5-14(6-4-12)23-10-13-2-1-7-20-8-13/h1-8H,9-11H2,(H,21,22). The van der Waals surface area contributed by atoms with Crippen molar-refractivity contribution in [3.63, 3.8) is 0 Å². The zero-order chi connectivity index (χ0) is 17.4. The van der Waals surface area contributed by atoms with Crippen LogP contribution in [0.5, 0.6) is 5.75 Å². The highest BCUT2D eigenvalue weighted by molar-refractivity contribution is 8.00. The highest BCUT2D eigenvalue weighted by atomic mass is 32.2. The number of carbonyl (C=O) groups is 1. The first-order chi connectivity index (χ1) is 11.4. The number of hydrogen-bond donors (Lipinski definition) is 1. The first-order valence-electron chi connectivity index (χ1n) is 7.00. The number of amides is 1. The molecule has 0 aliphatic rings. The zero-order valence-corrected chi connectivity index (χ0v) is 13.4. The van der Waals surface area contributed by atoms with E-state index in [-0.39, 0.29) is 18.3 Å². The van der Waals surface area contributed by atoms with E-state index in [2.05, 4.69) is 10.3 Å². The number of pyridine rings is 1. The summed E-state index contributed by atoms with van der Waals surface area (Å²) in [5, 5.41) is 2.44. The Morgan fingerprint density at radius 3 is 2.54 bits per heavy atom. The minimum atomic E-state index is -4.40. The molecular formula is C16H15F3N2O2S. The smallest absolute Gasteiger partial charge is 0.442 e. The molecule has 1 aromatic carbocycles. The van der Waals surface area contributed by atoms with E-state index in [4.69, 9.17) is 4.74 Å². The largest absolute Gasteiger partial charge is 0.489 e. The lowest BCUT2D eigenvalue weighted by molar-refractivity contribution is -0.119. The van der Waals surface area contributed by atoms with Gasteiger partial charge in [0.25, 0.3) is 0 Å². The molecule has 0 fully saturated rings. The highest BCUT2D eigenvalue weighted by Gasteiger charge is 2.29. The molecule has 1 N–H and O–H groups in total. The van der Waals surface area contributed by atoms with Gasteiger partial charge in [0.2, 0.25) is 5.91 Å². The Balaban J connectivity index is 1.74. The van der Waals surface area contributed by atoms with Gasteiger partial charge in [-0.15, -0.1) is 0 Å². The third-order valence-corrected chi connectivity index (χ3v) is 3.64. The van der Waals surface area contributed by atoms with E-state index in [9.17, 15) is 18.0 Å². The fourth-order valence-corrected chi connectivity index (χ4v) is 2.15. The molecule has 1 heterocycles. The second-order valence-corrected chi connectivity index (χ2v) is 5.85. The summed E-state index contributed by atoms with van der Waals surface area (Å²) in [6.07, 6.45) is 3.39. The Bertz CT molecular complexity index is 649. The summed E-state index contributed by atoms with van der Waals surface area (Å²) in [7, 11) is 0.